The lowest BCUT2D eigenvalue weighted by Gasteiger charge is -2.15. The minimum Gasteiger partial charge on any atom is -0.443 e. The third-order valence-corrected chi connectivity index (χ3v) is 4.59. The van der Waals surface area contributed by atoms with Gasteiger partial charge < -0.3 is 4.74 Å². The molecule has 0 bridgehead atoms. The summed E-state index contributed by atoms with van der Waals surface area (Å²) in [6.45, 7) is 1.57. The average molecular weight is 283 g/mol. The van der Waals surface area contributed by atoms with Crippen LogP contribution in [0.25, 0.3) is 10.4 Å². The smallest absolute Gasteiger partial charge is 0.349 e. The summed E-state index contributed by atoms with van der Waals surface area (Å²) in [5.74, 6) is -0.407. The van der Waals surface area contributed by atoms with E-state index in [1.54, 1.807) is 6.92 Å². The van der Waals surface area contributed by atoms with Gasteiger partial charge in [-0.15, -0.1) is 11.3 Å². The quantitative estimate of drug-likeness (QED) is 0.791. The van der Waals surface area contributed by atoms with Crippen molar-refractivity contribution in [1.29, 1.82) is 5.26 Å². The Kier molecular flexibility index (Phi) is 3.29. The SMILES string of the molecule is CC(C#N)OC(=O)c1cc2c(s1)-c1ccccc1CC2. The van der Waals surface area contributed by atoms with Gasteiger partial charge in [0.15, 0.2) is 6.10 Å². The number of nitriles is 1. The van der Waals surface area contributed by atoms with Crippen molar-refractivity contribution in [2.75, 3.05) is 0 Å². The topological polar surface area (TPSA) is 50.1 Å². The van der Waals surface area contributed by atoms with Crippen LogP contribution in [-0.2, 0) is 17.6 Å². The van der Waals surface area contributed by atoms with Crippen molar-refractivity contribution in [1.82, 2.24) is 0 Å². The number of nitrogens with zero attached hydrogens (tertiary/aromatic N) is 1. The molecule has 1 aliphatic rings. The summed E-state index contributed by atoms with van der Waals surface area (Å²) in [6.07, 6.45) is 1.24. The first-order valence-corrected chi connectivity index (χ1v) is 7.32. The lowest BCUT2D eigenvalue weighted by molar-refractivity contribution is 0.0441. The minimum atomic E-state index is -0.714. The second-order valence-electron chi connectivity index (χ2n) is 4.80. The number of esters is 1. The number of carbonyl (C=O) groups excluding carboxylic acids is 1. The molecule has 0 fully saturated rings. The van der Waals surface area contributed by atoms with Crippen LogP contribution >= 0.6 is 11.3 Å². The number of benzene rings is 1. The highest BCUT2D eigenvalue weighted by molar-refractivity contribution is 7.17. The van der Waals surface area contributed by atoms with Crippen molar-refractivity contribution in [2.24, 2.45) is 0 Å². The summed E-state index contributed by atoms with van der Waals surface area (Å²) in [5, 5.41) is 8.70. The second-order valence-corrected chi connectivity index (χ2v) is 5.85. The highest BCUT2D eigenvalue weighted by Gasteiger charge is 2.22. The zero-order valence-corrected chi connectivity index (χ0v) is 11.9. The van der Waals surface area contributed by atoms with Gasteiger partial charge in [0.1, 0.15) is 10.9 Å². The molecule has 1 atom stereocenters. The van der Waals surface area contributed by atoms with E-state index in [1.165, 1.54) is 28.0 Å². The Morgan fingerprint density at radius 3 is 2.90 bits per heavy atom. The summed E-state index contributed by atoms with van der Waals surface area (Å²) in [7, 11) is 0. The van der Waals surface area contributed by atoms with E-state index in [0.29, 0.717) is 4.88 Å². The van der Waals surface area contributed by atoms with Crippen molar-refractivity contribution in [3.63, 3.8) is 0 Å². The van der Waals surface area contributed by atoms with Gasteiger partial charge in [-0.3, -0.25) is 0 Å². The van der Waals surface area contributed by atoms with E-state index < -0.39 is 12.1 Å². The summed E-state index contributed by atoms with van der Waals surface area (Å²) in [6, 6.07) is 12.1. The Morgan fingerprint density at radius 2 is 2.10 bits per heavy atom. The van der Waals surface area contributed by atoms with Gasteiger partial charge in [-0.2, -0.15) is 5.26 Å². The van der Waals surface area contributed by atoms with E-state index >= 15 is 0 Å². The van der Waals surface area contributed by atoms with Gasteiger partial charge >= 0.3 is 5.97 Å². The predicted molar refractivity (Wildman–Crippen MR) is 77.7 cm³/mol. The molecule has 3 nitrogen and oxygen atoms in total. The largest absolute Gasteiger partial charge is 0.443 e. The normalized spacial score (nSPS) is 13.8. The molecule has 20 heavy (non-hydrogen) atoms. The van der Waals surface area contributed by atoms with Gasteiger partial charge in [0.2, 0.25) is 0 Å². The zero-order valence-electron chi connectivity index (χ0n) is 11.1. The molecule has 3 rings (SSSR count). The number of aryl methyl sites for hydroxylation is 2. The average Bonchev–Trinajstić information content (AvgIpc) is 2.91. The third kappa shape index (κ3) is 2.21. The van der Waals surface area contributed by atoms with Crippen molar-refractivity contribution >= 4 is 17.3 Å². The molecule has 0 spiro atoms. The van der Waals surface area contributed by atoms with Gasteiger partial charge in [0.05, 0.1) is 0 Å². The predicted octanol–water partition coefficient (Wildman–Crippen LogP) is 3.58. The Morgan fingerprint density at radius 1 is 1.35 bits per heavy atom. The molecule has 0 amide bonds. The maximum atomic E-state index is 12.0. The maximum absolute atomic E-state index is 12.0. The number of hydrogen-bond donors (Lipinski definition) is 0. The van der Waals surface area contributed by atoms with E-state index in [9.17, 15) is 4.79 Å². The van der Waals surface area contributed by atoms with E-state index in [0.717, 1.165) is 17.7 Å². The molecule has 1 heterocycles. The molecule has 0 radical (unpaired) electrons. The molecule has 0 N–H and O–H groups in total. The highest BCUT2D eigenvalue weighted by Crippen LogP contribution is 2.39. The van der Waals surface area contributed by atoms with Crippen LogP contribution in [0.5, 0.6) is 0 Å². The van der Waals surface area contributed by atoms with Gasteiger partial charge in [-0.05, 0) is 42.5 Å². The molecule has 1 aliphatic carbocycles. The fraction of sp³-hybridized carbons (Fsp3) is 0.250. The van der Waals surface area contributed by atoms with Crippen LogP contribution in [0.1, 0.15) is 27.7 Å². The van der Waals surface area contributed by atoms with Gasteiger partial charge in [-0.1, -0.05) is 24.3 Å². The van der Waals surface area contributed by atoms with E-state index in [1.807, 2.05) is 24.3 Å². The summed E-state index contributed by atoms with van der Waals surface area (Å²) >= 11 is 1.45. The maximum Gasteiger partial charge on any atom is 0.349 e. The molecule has 1 aromatic carbocycles. The Hall–Kier alpha value is -2.12. The van der Waals surface area contributed by atoms with Crippen molar-refractivity contribution < 1.29 is 9.53 Å². The first-order valence-electron chi connectivity index (χ1n) is 6.50. The molecular weight excluding hydrogens is 270 g/mol. The standard InChI is InChI=1S/C16H13NO2S/c1-10(9-17)19-16(18)14-8-12-7-6-11-4-2-3-5-13(11)15(12)20-14/h2-5,8,10H,6-7H2,1H3. The van der Waals surface area contributed by atoms with Crippen LogP contribution in [0, 0.1) is 11.3 Å². The number of fused-ring (bicyclic) bond motifs is 3. The van der Waals surface area contributed by atoms with Crippen LogP contribution in [0.4, 0.5) is 0 Å². The zero-order chi connectivity index (χ0) is 14.1. The molecule has 0 saturated carbocycles. The molecular formula is C16H13NO2S. The molecule has 1 aromatic heterocycles. The van der Waals surface area contributed by atoms with Gasteiger partial charge in [-0.25, -0.2) is 4.79 Å². The molecule has 0 aliphatic heterocycles. The van der Waals surface area contributed by atoms with Gasteiger partial charge in [0.25, 0.3) is 0 Å². The number of rotatable bonds is 2. The highest BCUT2D eigenvalue weighted by atomic mass is 32.1. The Balaban J connectivity index is 1.95. The van der Waals surface area contributed by atoms with Crippen LogP contribution in [0.2, 0.25) is 0 Å². The van der Waals surface area contributed by atoms with E-state index in [2.05, 4.69) is 12.1 Å². The summed E-state index contributed by atoms with van der Waals surface area (Å²) in [5.41, 5.74) is 3.74. The molecule has 1 unspecified atom stereocenters. The van der Waals surface area contributed by atoms with E-state index in [4.69, 9.17) is 10.00 Å². The monoisotopic (exact) mass is 283 g/mol. The summed E-state index contributed by atoms with van der Waals surface area (Å²) < 4.78 is 5.06. The van der Waals surface area contributed by atoms with Crippen LogP contribution < -0.4 is 0 Å². The Labute approximate surface area is 121 Å². The molecule has 0 saturated heterocycles. The van der Waals surface area contributed by atoms with Crippen LogP contribution in [-0.4, -0.2) is 12.1 Å². The van der Waals surface area contributed by atoms with Crippen molar-refractivity contribution in [2.45, 2.75) is 25.9 Å². The first kappa shape index (κ1) is 12.9. The lowest BCUT2D eigenvalue weighted by Crippen LogP contribution is -2.11. The first-order chi connectivity index (χ1) is 9.69. The minimum absolute atomic E-state index is 0.407. The van der Waals surface area contributed by atoms with Crippen molar-refractivity contribution in [3.8, 4) is 16.5 Å². The van der Waals surface area contributed by atoms with Crippen LogP contribution in [0.3, 0.4) is 0 Å². The number of ether oxygens (including phenoxy) is 1. The number of carbonyl (C=O) groups is 1. The van der Waals surface area contributed by atoms with E-state index in [-0.39, 0.29) is 0 Å². The van der Waals surface area contributed by atoms with Crippen LogP contribution in [0.15, 0.2) is 30.3 Å². The second kappa shape index (κ2) is 5.10. The Bertz CT molecular complexity index is 712. The van der Waals surface area contributed by atoms with Crippen molar-refractivity contribution in [3.05, 3.63) is 46.3 Å². The number of thiophene rings is 1. The number of hydrogen-bond acceptors (Lipinski definition) is 4. The lowest BCUT2D eigenvalue weighted by atomic mass is 9.91. The molecule has 100 valence electrons. The molecule has 4 heteroatoms. The third-order valence-electron chi connectivity index (χ3n) is 3.40. The summed E-state index contributed by atoms with van der Waals surface area (Å²) in [4.78, 5) is 13.7. The fourth-order valence-electron chi connectivity index (χ4n) is 2.42. The van der Waals surface area contributed by atoms with Gasteiger partial charge in [0, 0.05) is 4.88 Å². The molecule has 2 aromatic rings. The fourth-order valence-corrected chi connectivity index (χ4v) is 3.57.